The number of amides is 1. The second-order valence-electron chi connectivity index (χ2n) is 6.65. The lowest BCUT2D eigenvalue weighted by Gasteiger charge is -2.18. The number of nitrogens with zero attached hydrogens (tertiary/aromatic N) is 1. The second-order valence-corrected chi connectivity index (χ2v) is 6.65. The summed E-state index contributed by atoms with van der Waals surface area (Å²) in [4.78, 5) is 17.1. The van der Waals surface area contributed by atoms with Crippen LogP contribution in [0.15, 0.2) is 54.7 Å². The monoisotopic (exact) mass is 333 g/mol. The van der Waals surface area contributed by atoms with Gasteiger partial charge in [-0.2, -0.15) is 0 Å². The van der Waals surface area contributed by atoms with Gasteiger partial charge in [0.25, 0.3) is 0 Å². The first-order valence-electron chi connectivity index (χ1n) is 8.91. The molecule has 0 spiro atoms. The lowest BCUT2D eigenvalue weighted by molar-refractivity contribution is -0.128. The van der Waals surface area contributed by atoms with Crippen molar-refractivity contribution in [2.75, 3.05) is 6.54 Å². The number of hydrogen-bond donors (Lipinski definition) is 2. The highest BCUT2D eigenvalue weighted by Crippen LogP contribution is 2.19. The third-order valence-corrected chi connectivity index (χ3v) is 4.97. The van der Waals surface area contributed by atoms with E-state index in [4.69, 9.17) is 0 Å². The van der Waals surface area contributed by atoms with Crippen molar-refractivity contribution >= 4 is 16.8 Å². The molecular weight excluding hydrogens is 310 g/mol. The number of carbonyl (C=O) groups excluding carboxylic acids is 1. The van der Waals surface area contributed by atoms with Crippen LogP contribution in [0.4, 0.5) is 0 Å². The number of H-pyrrole nitrogens is 1. The Balaban J connectivity index is 1.43. The fourth-order valence-electron chi connectivity index (χ4n) is 3.60. The molecule has 0 aliphatic carbocycles. The van der Waals surface area contributed by atoms with Crippen molar-refractivity contribution in [2.45, 2.75) is 32.5 Å². The number of carbonyl (C=O) groups is 1. The lowest BCUT2D eigenvalue weighted by Crippen LogP contribution is -2.25. The summed E-state index contributed by atoms with van der Waals surface area (Å²) in [5.74, 6) is 0.280. The third-order valence-electron chi connectivity index (χ3n) is 4.97. The van der Waals surface area contributed by atoms with Gasteiger partial charge in [-0.3, -0.25) is 4.79 Å². The molecule has 1 fully saturated rings. The highest BCUT2D eigenvalue weighted by Gasteiger charge is 2.20. The maximum absolute atomic E-state index is 11.9. The van der Waals surface area contributed by atoms with Gasteiger partial charge in [-0.15, -0.1) is 0 Å². The smallest absolute Gasteiger partial charge is 0.222 e. The number of fused-ring (bicyclic) bond motifs is 1. The Labute approximate surface area is 147 Å². The minimum atomic E-state index is 0.280. The average Bonchev–Trinajstić information content (AvgIpc) is 3.26. The Hall–Kier alpha value is -2.59. The van der Waals surface area contributed by atoms with Crippen LogP contribution in [0.25, 0.3) is 10.9 Å². The lowest BCUT2D eigenvalue weighted by atomic mass is 10.1. The fraction of sp³-hybridized carbons (Fsp3) is 0.286. The van der Waals surface area contributed by atoms with Crippen LogP contribution in [0.3, 0.4) is 0 Å². The van der Waals surface area contributed by atoms with Gasteiger partial charge in [0.05, 0.1) is 0 Å². The van der Waals surface area contributed by atoms with Crippen molar-refractivity contribution in [1.29, 1.82) is 0 Å². The van der Waals surface area contributed by atoms with Crippen LogP contribution in [0.2, 0.25) is 0 Å². The van der Waals surface area contributed by atoms with Gasteiger partial charge in [0.15, 0.2) is 0 Å². The van der Waals surface area contributed by atoms with Crippen LogP contribution in [-0.4, -0.2) is 22.3 Å². The molecule has 25 heavy (non-hydrogen) atoms. The van der Waals surface area contributed by atoms with Gasteiger partial charge in [-0.1, -0.05) is 36.4 Å². The van der Waals surface area contributed by atoms with Crippen molar-refractivity contribution in [2.24, 2.45) is 0 Å². The van der Waals surface area contributed by atoms with E-state index in [1.807, 2.05) is 11.1 Å². The quantitative estimate of drug-likeness (QED) is 0.724. The van der Waals surface area contributed by atoms with E-state index in [1.54, 1.807) is 0 Å². The summed E-state index contributed by atoms with van der Waals surface area (Å²) in [5.41, 5.74) is 4.98. The van der Waals surface area contributed by atoms with Gasteiger partial charge >= 0.3 is 0 Å². The Bertz CT molecular complexity index is 883. The number of benzene rings is 2. The predicted octanol–water partition coefficient (Wildman–Crippen LogP) is 3.58. The number of aromatic amines is 1. The van der Waals surface area contributed by atoms with Crippen molar-refractivity contribution < 1.29 is 4.79 Å². The first-order valence-corrected chi connectivity index (χ1v) is 8.91. The number of likely N-dealkylation sites (tertiary alicyclic amines) is 1. The maximum Gasteiger partial charge on any atom is 0.222 e. The van der Waals surface area contributed by atoms with Gasteiger partial charge in [0, 0.05) is 49.7 Å². The second kappa shape index (κ2) is 7.11. The topological polar surface area (TPSA) is 48.1 Å². The summed E-state index contributed by atoms with van der Waals surface area (Å²) < 4.78 is 0. The van der Waals surface area contributed by atoms with Crippen molar-refractivity contribution in [1.82, 2.24) is 15.2 Å². The Morgan fingerprint density at radius 2 is 1.76 bits per heavy atom. The first kappa shape index (κ1) is 15.9. The minimum absolute atomic E-state index is 0.280. The molecule has 2 heterocycles. The molecule has 0 radical (unpaired) electrons. The van der Waals surface area contributed by atoms with Crippen LogP contribution in [-0.2, 0) is 24.4 Å². The molecule has 0 saturated carbocycles. The van der Waals surface area contributed by atoms with Crippen LogP contribution >= 0.6 is 0 Å². The van der Waals surface area contributed by atoms with Gasteiger partial charge in [-0.25, -0.2) is 0 Å². The molecule has 3 aromatic rings. The highest BCUT2D eigenvalue weighted by atomic mass is 16.2. The number of aromatic nitrogens is 1. The summed E-state index contributed by atoms with van der Waals surface area (Å²) >= 11 is 0. The number of rotatable bonds is 6. The Morgan fingerprint density at radius 3 is 2.60 bits per heavy atom. The zero-order chi connectivity index (χ0) is 17.1. The number of nitrogens with one attached hydrogen (secondary N) is 2. The molecule has 0 unspecified atom stereocenters. The molecule has 1 amide bonds. The Morgan fingerprint density at radius 1 is 0.960 bits per heavy atom. The van der Waals surface area contributed by atoms with Crippen molar-refractivity contribution in [3.63, 3.8) is 0 Å². The average molecular weight is 333 g/mol. The molecule has 1 aromatic heterocycles. The summed E-state index contributed by atoms with van der Waals surface area (Å²) in [6, 6.07) is 16.9. The van der Waals surface area contributed by atoms with E-state index in [1.165, 1.54) is 27.6 Å². The van der Waals surface area contributed by atoms with Gasteiger partial charge in [0.1, 0.15) is 0 Å². The molecule has 1 saturated heterocycles. The molecule has 0 atom stereocenters. The van der Waals surface area contributed by atoms with Crippen LogP contribution in [0, 0.1) is 0 Å². The summed E-state index contributed by atoms with van der Waals surface area (Å²) in [5, 5.41) is 4.83. The van der Waals surface area contributed by atoms with Gasteiger partial charge in [0.2, 0.25) is 5.91 Å². The van der Waals surface area contributed by atoms with Crippen molar-refractivity contribution in [3.05, 3.63) is 71.4 Å². The Kier molecular flexibility index (Phi) is 4.53. The van der Waals surface area contributed by atoms with E-state index in [-0.39, 0.29) is 5.91 Å². The summed E-state index contributed by atoms with van der Waals surface area (Å²) in [7, 11) is 0. The van der Waals surface area contributed by atoms with Crippen LogP contribution < -0.4 is 5.32 Å². The highest BCUT2D eigenvalue weighted by molar-refractivity contribution is 5.82. The maximum atomic E-state index is 11.9. The molecule has 4 heteroatoms. The zero-order valence-electron chi connectivity index (χ0n) is 14.3. The van der Waals surface area contributed by atoms with E-state index in [9.17, 15) is 4.79 Å². The molecule has 4 rings (SSSR count). The molecule has 1 aliphatic heterocycles. The van der Waals surface area contributed by atoms with Gasteiger partial charge in [-0.05, 0) is 35.2 Å². The normalized spacial score (nSPS) is 14.6. The molecular formula is C21H23N3O. The first-order chi connectivity index (χ1) is 12.3. The molecule has 128 valence electrons. The standard InChI is InChI=1S/C21H23N3O/c25-21-9-4-12-24(21)15-18-6-2-1-5-16(18)13-22-14-17-7-3-8-20-19(17)10-11-23-20/h1-3,5-8,10-11,22-23H,4,9,12-15H2. The largest absolute Gasteiger partial charge is 0.361 e. The zero-order valence-corrected chi connectivity index (χ0v) is 14.3. The van der Waals surface area contributed by atoms with E-state index in [2.05, 4.69) is 58.8 Å². The summed E-state index contributed by atoms with van der Waals surface area (Å²) in [6.07, 6.45) is 3.66. The molecule has 1 aliphatic rings. The van der Waals surface area contributed by atoms with Gasteiger partial charge < -0.3 is 15.2 Å². The molecule has 2 aromatic carbocycles. The van der Waals surface area contributed by atoms with Crippen molar-refractivity contribution in [3.8, 4) is 0 Å². The van der Waals surface area contributed by atoms with Crippen LogP contribution in [0.5, 0.6) is 0 Å². The van der Waals surface area contributed by atoms with E-state index in [0.717, 1.165) is 32.6 Å². The minimum Gasteiger partial charge on any atom is -0.361 e. The van der Waals surface area contributed by atoms with Crippen LogP contribution in [0.1, 0.15) is 29.5 Å². The number of hydrogen-bond acceptors (Lipinski definition) is 2. The van der Waals surface area contributed by atoms with E-state index >= 15 is 0 Å². The van der Waals surface area contributed by atoms with E-state index in [0.29, 0.717) is 6.42 Å². The SMILES string of the molecule is O=C1CCCN1Cc1ccccc1CNCc1cccc2[nH]ccc12. The molecule has 2 N–H and O–H groups in total. The predicted molar refractivity (Wildman–Crippen MR) is 99.9 cm³/mol. The molecule has 0 bridgehead atoms. The summed E-state index contributed by atoms with van der Waals surface area (Å²) in [6.45, 7) is 3.24. The fourth-order valence-corrected chi connectivity index (χ4v) is 3.60. The van der Waals surface area contributed by atoms with E-state index < -0.39 is 0 Å². The third kappa shape index (κ3) is 3.44. The molecule has 4 nitrogen and oxygen atoms in total.